The van der Waals surface area contributed by atoms with Crippen molar-refractivity contribution >= 4 is 11.6 Å². The minimum absolute atomic E-state index is 0.250. The molecule has 0 aliphatic heterocycles. The molecule has 0 heterocycles. The van der Waals surface area contributed by atoms with Crippen LogP contribution >= 0.6 is 0 Å². The van der Waals surface area contributed by atoms with Gasteiger partial charge in [0, 0.05) is 0 Å². The first-order chi connectivity index (χ1) is 11.8. The van der Waals surface area contributed by atoms with Gasteiger partial charge in [0.05, 0.1) is 18.4 Å². The number of hydrogen-bond donors (Lipinski definition) is 2. The van der Waals surface area contributed by atoms with E-state index >= 15 is 0 Å². The number of hydrazine groups is 1. The summed E-state index contributed by atoms with van der Waals surface area (Å²) in [7, 11) is 1.52. The summed E-state index contributed by atoms with van der Waals surface area (Å²) >= 11 is 0. The summed E-state index contributed by atoms with van der Waals surface area (Å²) in [5, 5.41) is 0. The van der Waals surface area contributed by atoms with E-state index < -0.39 is 23.8 Å². The third kappa shape index (κ3) is 5.03. The molecule has 0 aliphatic carbocycles. The number of anilines is 1. The summed E-state index contributed by atoms with van der Waals surface area (Å²) in [6.45, 7) is 1.48. The number of methoxy groups -OCH3 is 1. The van der Waals surface area contributed by atoms with Crippen molar-refractivity contribution in [3.05, 3.63) is 54.1 Å². The molecule has 2 N–H and O–H groups in total. The van der Waals surface area contributed by atoms with Crippen LogP contribution in [0.3, 0.4) is 0 Å². The molecule has 1 atom stereocenters. The Labute approximate surface area is 142 Å². The van der Waals surface area contributed by atoms with E-state index in [0.29, 0.717) is 11.5 Å². The molecule has 2 rings (SSSR count). The Morgan fingerprint density at radius 3 is 2.24 bits per heavy atom. The second kappa shape index (κ2) is 7.78. The molecule has 0 saturated heterocycles. The van der Waals surface area contributed by atoms with Gasteiger partial charge in [-0.2, -0.15) is 13.2 Å². The number of benzene rings is 2. The summed E-state index contributed by atoms with van der Waals surface area (Å²) in [6.07, 6.45) is -5.45. The number of rotatable bonds is 6. The molecule has 25 heavy (non-hydrogen) atoms. The normalized spacial score (nSPS) is 12.2. The number of alkyl halides is 3. The zero-order valence-corrected chi connectivity index (χ0v) is 13.6. The maximum atomic E-state index is 12.9. The zero-order chi connectivity index (χ0) is 18.4. The van der Waals surface area contributed by atoms with E-state index in [-0.39, 0.29) is 5.69 Å². The van der Waals surface area contributed by atoms with E-state index in [1.54, 1.807) is 24.3 Å². The highest BCUT2D eigenvalue weighted by molar-refractivity contribution is 5.82. The fourth-order valence-corrected chi connectivity index (χ4v) is 1.98. The molecule has 0 aliphatic rings. The van der Waals surface area contributed by atoms with Crippen molar-refractivity contribution in [3.63, 3.8) is 0 Å². The van der Waals surface area contributed by atoms with Gasteiger partial charge >= 0.3 is 6.18 Å². The Balaban J connectivity index is 1.95. The van der Waals surface area contributed by atoms with Crippen molar-refractivity contribution in [3.8, 4) is 11.5 Å². The average molecular weight is 354 g/mol. The molecule has 8 heteroatoms. The Morgan fingerprint density at radius 1 is 1.04 bits per heavy atom. The molecule has 0 radical (unpaired) electrons. The van der Waals surface area contributed by atoms with Gasteiger partial charge in [-0.15, -0.1) is 0 Å². The summed E-state index contributed by atoms with van der Waals surface area (Å²) in [5.41, 5.74) is 3.37. The zero-order valence-electron chi connectivity index (χ0n) is 13.6. The lowest BCUT2D eigenvalue weighted by atomic mass is 10.2. The summed E-state index contributed by atoms with van der Waals surface area (Å²) < 4.78 is 49.1. The second-order valence-corrected chi connectivity index (χ2v) is 5.09. The first kappa shape index (κ1) is 18.4. The number of hydrogen-bond acceptors (Lipinski definition) is 4. The molecule has 2 aromatic carbocycles. The maximum absolute atomic E-state index is 12.9. The van der Waals surface area contributed by atoms with E-state index in [0.717, 1.165) is 6.07 Å². The topological polar surface area (TPSA) is 59.6 Å². The van der Waals surface area contributed by atoms with E-state index in [4.69, 9.17) is 9.47 Å². The van der Waals surface area contributed by atoms with Gasteiger partial charge in [-0.25, -0.2) is 0 Å². The molecule has 134 valence electrons. The van der Waals surface area contributed by atoms with Gasteiger partial charge in [0.2, 0.25) is 0 Å². The number of carbonyl (C=O) groups is 1. The van der Waals surface area contributed by atoms with E-state index in [2.05, 4.69) is 10.9 Å². The lowest BCUT2D eigenvalue weighted by Gasteiger charge is -2.18. The van der Waals surface area contributed by atoms with Crippen molar-refractivity contribution in [2.75, 3.05) is 12.5 Å². The minimum Gasteiger partial charge on any atom is -0.497 e. The standard InChI is InChI=1S/C17H17F3N2O3/c1-11(25-13-9-7-12(24-2)8-10-13)16(23)22-21-15-6-4-3-5-14(15)17(18,19)20/h3-11,21H,1-2H3,(H,22,23). The number of para-hydroxylation sites is 1. The van der Waals surface area contributed by atoms with Crippen LogP contribution in [0.2, 0.25) is 0 Å². The molecule has 0 saturated carbocycles. The van der Waals surface area contributed by atoms with Gasteiger partial charge in [-0.05, 0) is 43.3 Å². The van der Waals surface area contributed by atoms with Gasteiger partial charge < -0.3 is 9.47 Å². The molecule has 1 amide bonds. The number of amides is 1. The predicted molar refractivity (Wildman–Crippen MR) is 86.3 cm³/mol. The molecular formula is C17H17F3N2O3. The highest BCUT2D eigenvalue weighted by Crippen LogP contribution is 2.34. The fourth-order valence-electron chi connectivity index (χ4n) is 1.98. The molecule has 0 bridgehead atoms. The van der Waals surface area contributed by atoms with Crippen LogP contribution in [0.15, 0.2) is 48.5 Å². The fraction of sp³-hybridized carbons (Fsp3) is 0.235. The highest BCUT2D eigenvalue weighted by Gasteiger charge is 2.33. The van der Waals surface area contributed by atoms with E-state index in [9.17, 15) is 18.0 Å². The maximum Gasteiger partial charge on any atom is 0.418 e. The van der Waals surface area contributed by atoms with Gasteiger partial charge in [0.1, 0.15) is 11.5 Å². The molecule has 5 nitrogen and oxygen atoms in total. The molecule has 1 unspecified atom stereocenters. The third-order valence-electron chi connectivity index (χ3n) is 3.29. The van der Waals surface area contributed by atoms with Crippen molar-refractivity contribution in [1.82, 2.24) is 5.43 Å². The first-order valence-electron chi connectivity index (χ1n) is 7.34. The van der Waals surface area contributed by atoms with Crippen LogP contribution in [0.1, 0.15) is 12.5 Å². The quantitative estimate of drug-likeness (QED) is 0.778. The van der Waals surface area contributed by atoms with Crippen molar-refractivity contribution in [1.29, 1.82) is 0 Å². The number of halogens is 3. The van der Waals surface area contributed by atoms with Crippen molar-refractivity contribution in [2.24, 2.45) is 0 Å². The van der Waals surface area contributed by atoms with Crippen molar-refractivity contribution in [2.45, 2.75) is 19.2 Å². The predicted octanol–water partition coefficient (Wildman–Crippen LogP) is 3.62. The summed E-state index contributed by atoms with van der Waals surface area (Å²) in [5.74, 6) is 0.446. The number of ether oxygens (including phenoxy) is 2. The molecule has 0 aromatic heterocycles. The van der Waals surface area contributed by atoms with Gasteiger partial charge in [0.25, 0.3) is 5.91 Å². The van der Waals surface area contributed by atoms with Gasteiger partial charge in [0.15, 0.2) is 6.10 Å². The van der Waals surface area contributed by atoms with Crippen LogP contribution < -0.4 is 20.3 Å². The van der Waals surface area contributed by atoms with Crippen molar-refractivity contribution < 1.29 is 27.4 Å². The van der Waals surface area contributed by atoms with Gasteiger partial charge in [-0.3, -0.25) is 15.6 Å². The van der Waals surface area contributed by atoms with Crippen LogP contribution in [0.25, 0.3) is 0 Å². The third-order valence-corrected chi connectivity index (χ3v) is 3.29. The second-order valence-electron chi connectivity index (χ2n) is 5.09. The Bertz CT molecular complexity index is 718. The molecule has 2 aromatic rings. The Kier molecular flexibility index (Phi) is 5.74. The largest absolute Gasteiger partial charge is 0.497 e. The van der Waals surface area contributed by atoms with Crippen LogP contribution in [-0.2, 0) is 11.0 Å². The minimum atomic E-state index is -4.53. The summed E-state index contributed by atoms with van der Waals surface area (Å²) in [4.78, 5) is 12.0. The van der Waals surface area contributed by atoms with Crippen LogP contribution in [0.4, 0.5) is 18.9 Å². The molecule has 0 fully saturated rings. The van der Waals surface area contributed by atoms with Crippen LogP contribution in [0.5, 0.6) is 11.5 Å². The van der Waals surface area contributed by atoms with E-state index in [1.165, 1.54) is 32.2 Å². The average Bonchev–Trinajstić information content (AvgIpc) is 2.59. The number of nitrogens with one attached hydrogen (secondary N) is 2. The lowest BCUT2D eigenvalue weighted by Crippen LogP contribution is -2.40. The molecular weight excluding hydrogens is 337 g/mol. The number of carbonyl (C=O) groups excluding carboxylic acids is 1. The summed E-state index contributed by atoms with van der Waals surface area (Å²) in [6, 6.07) is 11.4. The van der Waals surface area contributed by atoms with Crippen LogP contribution in [-0.4, -0.2) is 19.1 Å². The first-order valence-corrected chi connectivity index (χ1v) is 7.34. The lowest BCUT2D eigenvalue weighted by molar-refractivity contribution is -0.137. The van der Waals surface area contributed by atoms with Gasteiger partial charge in [-0.1, -0.05) is 12.1 Å². The highest BCUT2D eigenvalue weighted by atomic mass is 19.4. The SMILES string of the molecule is COc1ccc(OC(C)C(=O)NNc2ccccc2C(F)(F)F)cc1. The monoisotopic (exact) mass is 354 g/mol. The Hall–Kier alpha value is -2.90. The smallest absolute Gasteiger partial charge is 0.418 e. The Morgan fingerprint density at radius 2 is 1.64 bits per heavy atom. The van der Waals surface area contributed by atoms with Crippen LogP contribution in [0, 0.1) is 0 Å². The molecule has 0 spiro atoms. The van der Waals surface area contributed by atoms with E-state index in [1.807, 2.05) is 0 Å².